The number of carbonyl (C=O) groups excluding carboxylic acids is 2. The first-order chi connectivity index (χ1) is 20.0. The number of nitro groups is 1. The molecule has 0 heterocycles. The second kappa shape index (κ2) is 15.7. The van der Waals surface area contributed by atoms with E-state index in [1.165, 1.54) is 19.9 Å². The Hall–Kier alpha value is -4.22. The highest BCUT2D eigenvalue weighted by Crippen LogP contribution is 2.31. The zero-order valence-corrected chi connectivity index (χ0v) is 24.1. The van der Waals surface area contributed by atoms with Crippen molar-refractivity contribution in [3.8, 4) is 0 Å². The Morgan fingerprint density at radius 3 is 2.02 bits per heavy atom. The molecule has 0 spiro atoms. The van der Waals surface area contributed by atoms with Crippen LogP contribution in [0, 0.1) is 22.0 Å². The number of carbonyl (C=O) groups is 2. The number of allylic oxidation sites excluding steroid dienone is 2. The van der Waals surface area contributed by atoms with Crippen molar-refractivity contribution in [1.29, 1.82) is 0 Å². The van der Waals surface area contributed by atoms with Crippen LogP contribution in [0.2, 0.25) is 0 Å². The molecule has 4 rings (SSSR count). The zero-order chi connectivity index (χ0) is 30.6. The molecule has 0 saturated heterocycles. The fraction of sp³-hybridized carbons (Fsp3) is 0.467. The number of nitro benzene ring substituents is 1. The summed E-state index contributed by atoms with van der Waals surface area (Å²) in [6, 6.07) is 9.92. The number of rotatable bonds is 9. The summed E-state index contributed by atoms with van der Waals surface area (Å²) in [6.07, 6.45) is 5.94. The summed E-state index contributed by atoms with van der Waals surface area (Å²) >= 11 is 0. The fourth-order valence-corrected chi connectivity index (χ4v) is 4.99. The molecule has 0 radical (unpaired) electrons. The van der Waals surface area contributed by atoms with Gasteiger partial charge in [-0.3, -0.25) is 19.7 Å². The number of anilines is 5. The lowest BCUT2D eigenvalue weighted by atomic mass is 9.88. The lowest BCUT2D eigenvalue weighted by Gasteiger charge is -2.25. The van der Waals surface area contributed by atoms with Gasteiger partial charge in [-0.25, -0.2) is 8.78 Å². The first-order valence-corrected chi connectivity index (χ1v) is 14.2. The molecule has 2 amide bonds. The number of alkyl halides is 1. The van der Waals surface area contributed by atoms with Gasteiger partial charge in [0.05, 0.1) is 22.1 Å². The molecule has 1 unspecified atom stereocenters. The van der Waals surface area contributed by atoms with Crippen molar-refractivity contribution in [1.82, 2.24) is 0 Å². The highest BCUT2D eigenvalue weighted by Gasteiger charge is 2.21. The van der Waals surface area contributed by atoms with E-state index >= 15 is 0 Å². The molecule has 1 fully saturated rings. The predicted octanol–water partition coefficient (Wildman–Crippen LogP) is 6.79. The summed E-state index contributed by atoms with van der Waals surface area (Å²) in [5.74, 6) is 0.284. The van der Waals surface area contributed by atoms with Crippen molar-refractivity contribution in [3.63, 3.8) is 0 Å². The van der Waals surface area contributed by atoms with Gasteiger partial charge in [-0.1, -0.05) is 6.08 Å². The van der Waals surface area contributed by atoms with Crippen molar-refractivity contribution in [2.45, 2.75) is 65.0 Å². The zero-order valence-electron chi connectivity index (χ0n) is 24.1. The van der Waals surface area contributed by atoms with Crippen LogP contribution in [0.4, 0.5) is 42.9 Å². The largest absolute Gasteiger partial charge is 0.397 e. The van der Waals surface area contributed by atoms with Crippen LogP contribution in [0.15, 0.2) is 48.3 Å². The van der Waals surface area contributed by atoms with Crippen molar-refractivity contribution in [3.05, 3.63) is 58.4 Å². The first kappa shape index (κ1) is 32.3. The molecular weight excluding hydrogens is 546 g/mol. The van der Waals surface area contributed by atoms with Gasteiger partial charge in [0.25, 0.3) is 5.69 Å². The Labute approximate surface area is 244 Å². The van der Waals surface area contributed by atoms with Crippen LogP contribution in [-0.2, 0) is 9.59 Å². The molecule has 12 heteroatoms. The molecule has 1 saturated carbocycles. The minimum atomic E-state index is -0.617. The smallest absolute Gasteiger partial charge is 0.294 e. The lowest BCUT2D eigenvalue weighted by Crippen LogP contribution is -2.22. The molecule has 2 aliphatic carbocycles. The maximum atomic E-state index is 13.1. The van der Waals surface area contributed by atoms with Gasteiger partial charge >= 0.3 is 0 Å². The van der Waals surface area contributed by atoms with Gasteiger partial charge in [-0.15, -0.1) is 0 Å². The summed E-state index contributed by atoms with van der Waals surface area (Å²) in [4.78, 5) is 32.6. The molecule has 10 nitrogen and oxygen atoms in total. The number of nitrogens with zero attached hydrogens (tertiary/aromatic N) is 1. The number of nitrogen functional groups attached to an aromatic ring is 1. The third-order valence-corrected chi connectivity index (χ3v) is 7.29. The summed E-state index contributed by atoms with van der Waals surface area (Å²) < 4.78 is 26.0. The number of hydrogen-bond acceptors (Lipinski definition) is 7. The minimum absolute atomic E-state index is 0.0816. The van der Waals surface area contributed by atoms with Crippen LogP contribution in [0.3, 0.4) is 0 Å². The van der Waals surface area contributed by atoms with Gasteiger partial charge in [-0.2, -0.15) is 0 Å². The first-order valence-electron chi connectivity index (χ1n) is 14.2. The Morgan fingerprint density at radius 2 is 1.48 bits per heavy atom. The molecule has 42 heavy (non-hydrogen) atoms. The van der Waals surface area contributed by atoms with Gasteiger partial charge in [0.2, 0.25) is 11.8 Å². The topological polar surface area (TPSA) is 151 Å². The highest BCUT2D eigenvalue weighted by molar-refractivity contribution is 5.90. The SMILES string of the molecule is CC(=O)Nc1ccc(NCC2CC=C(F)CC2)c([N+](=O)[O-])c1.CC(=O)Nc1ccc(NCC2CCC(F)CC2)c(N)c1. The summed E-state index contributed by atoms with van der Waals surface area (Å²) in [6.45, 7) is 4.16. The maximum absolute atomic E-state index is 13.1. The van der Waals surface area contributed by atoms with E-state index in [-0.39, 0.29) is 29.2 Å². The molecule has 2 aromatic carbocycles. The van der Waals surface area contributed by atoms with Gasteiger partial charge in [-0.05, 0) is 87.1 Å². The number of benzene rings is 2. The van der Waals surface area contributed by atoms with Gasteiger partial charge in [0.15, 0.2) is 0 Å². The fourth-order valence-electron chi connectivity index (χ4n) is 4.99. The second-order valence-corrected chi connectivity index (χ2v) is 10.8. The average Bonchev–Trinajstić information content (AvgIpc) is 2.93. The highest BCUT2D eigenvalue weighted by atomic mass is 19.1. The van der Waals surface area contributed by atoms with Crippen molar-refractivity contribution >= 4 is 45.9 Å². The van der Waals surface area contributed by atoms with Crippen LogP contribution in [-0.4, -0.2) is 36.0 Å². The molecular formula is C30H40F2N6O4. The summed E-state index contributed by atoms with van der Waals surface area (Å²) in [5.41, 5.74) is 8.81. The monoisotopic (exact) mass is 586 g/mol. The Morgan fingerprint density at radius 1 is 0.905 bits per heavy atom. The van der Waals surface area contributed by atoms with E-state index in [2.05, 4.69) is 21.3 Å². The van der Waals surface area contributed by atoms with E-state index < -0.39 is 11.1 Å². The standard InChI is InChI=1S/C15H18FN3O3.C15H22FN3O/c1-10(20)18-13-6-7-14(15(8-13)19(21)22)17-9-11-2-4-12(16)5-3-11;1-10(20)19-13-6-7-15(14(17)8-13)18-9-11-2-4-12(16)5-3-11/h4,6-8,11,17H,2-3,5,9H2,1H3,(H,18,20);6-8,11-12,18H,2-5,9,17H2,1H3,(H,19,20). The van der Waals surface area contributed by atoms with Crippen LogP contribution >= 0.6 is 0 Å². The van der Waals surface area contributed by atoms with Crippen LogP contribution in [0.1, 0.15) is 58.8 Å². The van der Waals surface area contributed by atoms with Crippen LogP contribution in [0.5, 0.6) is 0 Å². The van der Waals surface area contributed by atoms with E-state index in [0.29, 0.717) is 60.9 Å². The molecule has 2 aromatic rings. The molecule has 228 valence electrons. The van der Waals surface area contributed by atoms with Crippen LogP contribution < -0.4 is 27.0 Å². The molecule has 6 N–H and O–H groups in total. The minimum Gasteiger partial charge on any atom is -0.397 e. The van der Waals surface area contributed by atoms with E-state index in [4.69, 9.17) is 5.73 Å². The van der Waals surface area contributed by atoms with Crippen molar-refractivity contribution in [2.24, 2.45) is 11.8 Å². The van der Waals surface area contributed by atoms with E-state index in [1.54, 1.807) is 24.3 Å². The predicted molar refractivity (Wildman–Crippen MR) is 163 cm³/mol. The second-order valence-electron chi connectivity index (χ2n) is 10.8. The van der Waals surface area contributed by atoms with Gasteiger partial charge in [0.1, 0.15) is 11.9 Å². The summed E-state index contributed by atoms with van der Waals surface area (Å²) in [7, 11) is 0. The van der Waals surface area contributed by atoms with E-state index in [9.17, 15) is 28.5 Å². The van der Waals surface area contributed by atoms with Gasteiger partial charge in [0, 0.05) is 44.4 Å². The quantitative estimate of drug-likeness (QED) is 0.123. The number of nitrogens with two attached hydrogens (primary N) is 1. The third-order valence-electron chi connectivity index (χ3n) is 7.29. The van der Waals surface area contributed by atoms with Gasteiger partial charge < -0.3 is 27.0 Å². The molecule has 1 atom stereocenters. The molecule has 0 aromatic heterocycles. The third kappa shape index (κ3) is 10.6. The number of hydrogen-bond donors (Lipinski definition) is 5. The number of halogens is 2. The van der Waals surface area contributed by atoms with E-state index in [0.717, 1.165) is 31.5 Å². The Balaban J connectivity index is 0.000000231. The molecule has 0 bridgehead atoms. The molecule has 2 aliphatic rings. The summed E-state index contributed by atoms with van der Waals surface area (Å²) in [5, 5.41) is 22.7. The Kier molecular flexibility index (Phi) is 12.1. The van der Waals surface area contributed by atoms with Crippen molar-refractivity contribution in [2.75, 3.05) is 40.1 Å². The molecule has 0 aliphatic heterocycles. The maximum Gasteiger partial charge on any atom is 0.294 e. The average molecular weight is 587 g/mol. The van der Waals surface area contributed by atoms with Crippen LogP contribution in [0.25, 0.3) is 0 Å². The normalized spacial score (nSPS) is 19.8. The Bertz CT molecular complexity index is 1280. The van der Waals surface area contributed by atoms with Crippen molar-refractivity contribution < 1.29 is 23.3 Å². The number of amides is 2. The van der Waals surface area contributed by atoms with E-state index in [1.807, 2.05) is 12.1 Å². The lowest BCUT2D eigenvalue weighted by molar-refractivity contribution is -0.383. The number of nitrogens with one attached hydrogen (secondary N) is 4.